The average molecular weight is 344 g/mol. The van der Waals surface area contributed by atoms with Crippen LogP contribution in [0, 0.1) is 0 Å². The Kier molecular flexibility index (Phi) is 5.43. The zero-order chi connectivity index (χ0) is 13.7. The SMILES string of the molecule is CCCNCCc1ncc(-c2ccc(Cl)c(Br)c2)o1. The lowest BCUT2D eigenvalue weighted by Gasteiger charge is -2.00. The van der Waals surface area contributed by atoms with Crippen molar-refractivity contribution in [2.45, 2.75) is 19.8 Å². The van der Waals surface area contributed by atoms with Gasteiger partial charge in [-0.1, -0.05) is 18.5 Å². The smallest absolute Gasteiger partial charge is 0.196 e. The highest BCUT2D eigenvalue weighted by molar-refractivity contribution is 9.10. The van der Waals surface area contributed by atoms with Gasteiger partial charge in [-0.05, 0) is 47.1 Å². The molecule has 0 atom stereocenters. The monoisotopic (exact) mass is 342 g/mol. The Bertz CT molecular complexity index is 542. The van der Waals surface area contributed by atoms with E-state index in [1.807, 2.05) is 18.2 Å². The third kappa shape index (κ3) is 4.06. The van der Waals surface area contributed by atoms with E-state index in [9.17, 15) is 0 Å². The molecular weight excluding hydrogens is 328 g/mol. The minimum Gasteiger partial charge on any atom is -0.441 e. The summed E-state index contributed by atoms with van der Waals surface area (Å²) in [6, 6.07) is 5.70. The van der Waals surface area contributed by atoms with Crippen LogP contribution < -0.4 is 5.32 Å². The van der Waals surface area contributed by atoms with E-state index < -0.39 is 0 Å². The first-order valence-corrected chi connectivity index (χ1v) is 7.48. The number of aromatic nitrogens is 1. The highest BCUT2D eigenvalue weighted by Gasteiger charge is 2.08. The molecule has 0 aliphatic heterocycles. The minimum atomic E-state index is 0.687. The van der Waals surface area contributed by atoms with Crippen LogP contribution >= 0.6 is 27.5 Å². The Morgan fingerprint density at radius 1 is 1.37 bits per heavy atom. The quantitative estimate of drug-likeness (QED) is 0.795. The zero-order valence-electron chi connectivity index (χ0n) is 10.7. The molecule has 0 aliphatic rings. The molecule has 1 aromatic heterocycles. The molecule has 1 N–H and O–H groups in total. The Balaban J connectivity index is 2.01. The lowest BCUT2D eigenvalue weighted by Crippen LogP contribution is -2.17. The number of rotatable bonds is 6. The predicted octanol–water partition coefficient (Wildman–Crippen LogP) is 4.30. The van der Waals surface area contributed by atoms with Gasteiger partial charge in [0.05, 0.1) is 11.2 Å². The summed E-state index contributed by atoms with van der Waals surface area (Å²) in [6.07, 6.45) is 3.69. The number of halogens is 2. The van der Waals surface area contributed by atoms with Crippen molar-refractivity contribution in [1.82, 2.24) is 10.3 Å². The molecular formula is C14H16BrClN2O. The van der Waals surface area contributed by atoms with Crippen LogP contribution in [0.5, 0.6) is 0 Å². The van der Waals surface area contributed by atoms with Gasteiger partial charge < -0.3 is 9.73 Å². The lowest BCUT2D eigenvalue weighted by atomic mass is 10.2. The summed E-state index contributed by atoms with van der Waals surface area (Å²) in [5, 5.41) is 4.01. The molecule has 102 valence electrons. The third-order valence-corrected chi connectivity index (χ3v) is 3.91. The molecule has 0 amide bonds. The van der Waals surface area contributed by atoms with E-state index in [0.29, 0.717) is 5.02 Å². The second-order valence-electron chi connectivity index (χ2n) is 4.25. The molecule has 0 radical (unpaired) electrons. The van der Waals surface area contributed by atoms with Crippen LogP contribution in [-0.2, 0) is 6.42 Å². The van der Waals surface area contributed by atoms with Crippen LogP contribution in [0.15, 0.2) is 33.3 Å². The van der Waals surface area contributed by atoms with Crippen molar-refractivity contribution < 1.29 is 4.42 Å². The number of nitrogens with one attached hydrogen (secondary N) is 1. The first kappa shape index (κ1) is 14.6. The lowest BCUT2D eigenvalue weighted by molar-refractivity contribution is 0.495. The molecule has 0 saturated carbocycles. The van der Waals surface area contributed by atoms with Gasteiger partial charge in [0.25, 0.3) is 0 Å². The molecule has 19 heavy (non-hydrogen) atoms. The van der Waals surface area contributed by atoms with Crippen LogP contribution in [0.2, 0.25) is 5.02 Å². The normalized spacial score (nSPS) is 10.9. The Hall–Kier alpha value is -0.840. The fraction of sp³-hybridized carbons (Fsp3) is 0.357. The second kappa shape index (κ2) is 7.08. The number of hydrogen-bond acceptors (Lipinski definition) is 3. The molecule has 0 bridgehead atoms. The highest BCUT2D eigenvalue weighted by Crippen LogP contribution is 2.29. The van der Waals surface area contributed by atoms with Crippen molar-refractivity contribution >= 4 is 27.5 Å². The number of hydrogen-bond donors (Lipinski definition) is 1. The van der Waals surface area contributed by atoms with E-state index >= 15 is 0 Å². The van der Waals surface area contributed by atoms with Gasteiger partial charge >= 0.3 is 0 Å². The number of oxazole rings is 1. The summed E-state index contributed by atoms with van der Waals surface area (Å²) < 4.78 is 6.59. The summed E-state index contributed by atoms with van der Waals surface area (Å²) >= 11 is 9.38. The average Bonchev–Trinajstić information content (AvgIpc) is 2.87. The van der Waals surface area contributed by atoms with Gasteiger partial charge in [0, 0.05) is 23.0 Å². The zero-order valence-corrected chi connectivity index (χ0v) is 13.1. The number of benzene rings is 1. The molecule has 3 nitrogen and oxygen atoms in total. The third-order valence-electron chi connectivity index (χ3n) is 2.70. The van der Waals surface area contributed by atoms with Gasteiger partial charge in [-0.3, -0.25) is 0 Å². The first-order valence-electron chi connectivity index (χ1n) is 6.31. The van der Waals surface area contributed by atoms with E-state index in [1.54, 1.807) is 6.20 Å². The Labute approximate surface area is 126 Å². The molecule has 5 heteroatoms. The fourth-order valence-corrected chi connectivity index (χ4v) is 2.20. The van der Waals surface area contributed by atoms with Crippen molar-refractivity contribution in [1.29, 1.82) is 0 Å². The molecule has 0 fully saturated rings. The molecule has 2 aromatic rings. The van der Waals surface area contributed by atoms with Gasteiger partial charge in [0.2, 0.25) is 0 Å². The maximum absolute atomic E-state index is 5.97. The summed E-state index contributed by atoms with van der Waals surface area (Å²) in [6.45, 7) is 4.06. The van der Waals surface area contributed by atoms with E-state index in [0.717, 1.165) is 47.6 Å². The van der Waals surface area contributed by atoms with Crippen LogP contribution in [-0.4, -0.2) is 18.1 Å². The van der Waals surface area contributed by atoms with Crippen molar-refractivity contribution in [3.05, 3.63) is 39.8 Å². The maximum atomic E-state index is 5.97. The van der Waals surface area contributed by atoms with Crippen molar-refractivity contribution in [3.63, 3.8) is 0 Å². The first-order chi connectivity index (χ1) is 9.20. The standard InChI is InChI=1S/C14H16BrClN2O/c1-2-6-17-7-5-14-18-9-13(19-14)10-3-4-12(16)11(15)8-10/h3-4,8-9,17H,2,5-7H2,1H3. The van der Waals surface area contributed by atoms with Gasteiger partial charge in [-0.2, -0.15) is 0 Å². The molecule has 1 aromatic carbocycles. The van der Waals surface area contributed by atoms with Crippen molar-refractivity contribution in [2.24, 2.45) is 0 Å². The second-order valence-corrected chi connectivity index (χ2v) is 5.51. The summed E-state index contributed by atoms with van der Waals surface area (Å²) in [5.41, 5.74) is 0.969. The molecule has 2 rings (SSSR count). The number of nitrogens with zero attached hydrogens (tertiary/aromatic N) is 1. The van der Waals surface area contributed by atoms with Gasteiger partial charge in [-0.25, -0.2) is 4.98 Å². The van der Waals surface area contributed by atoms with Crippen LogP contribution in [0.25, 0.3) is 11.3 Å². The summed E-state index contributed by atoms with van der Waals surface area (Å²) in [4.78, 5) is 4.29. The van der Waals surface area contributed by atoms with E-state index in [2.05, 4.69) is 33.2 Å². The Morgan fingerprint density at radius 3 is 2.95 bits per heavy atom. The van der Waals surface area contributed by atoms with E-state index in [-0.39, 0.29) is 0 Å². The Morgan fingerprint density at radius 2 is 2.21 bits per heavy atom. The topological polar surface area (TPSA) is 38.1 Å². The van der Waals surface area contributed by atoms with Gasteiger partial charge in [-0.15, -0.1) is 0 Å². The fourth-order valence-electron chi connectivity index (χ4n) is 1.71. The summed E-state index contributed by atoms with van der Waals surface area (Å²) in [7, 11) is 0. The molecule has 0 spiro atoms. The minimum absolute atomic E-state index is 0.687. The molecule has 0 saturated heterocycles. The van der Waals surface area contributed by atoms with Crippen LogP contribution in [0.4, 0.5) is 0 Å². The highest BCUT2D eigenvalue weighted by atomic mass is 79.9. The van der Waals surface area contributed by atoms with Crippen LogP contribution in [0.1, 0.15) is 19.2 Å². The summed E-state index contributed by atoms with van der Waals surface area (Å²) in [5.74, 6) is 1.52. The van der Waals surface area contributed by atoms with E-state index in [1.165, 1.54) is 0 Å². The van der Waals surface area contributed by atoms with Crippen LogP contribution in [0.3, 0.4) is 0 Å². The van der Waals surface area contributed by atoms with Gasteiger partial charge in [0.15, 0.2) is 11.7 Å². The van der Waals surface area contributed by atoms with Crippen molar-refractivity contribution in [3.8, 4) is 11.3 Å². The predicted molar refractivity (Wildman–Crippen MR) is 81.5 cm³/mol. The van der Waals surface area contributed by atoms with E-state index in [4.69, 9.17) is 16.0 Å². The maximum Gasteiger partial charge on any atom is 0.196 e. The molecule has 0 aliphatic carbocycles. The largest absolute Gasteiger partial charge is 0.441 e. The molecule has 0 unspecified atom stereocenters. The van der Waals surface area contributed by atoms with Crippen molar-refractivity contribution in [2.75, 3.05) is 13.1 Å². The molecule has 1 heterocycles. The van der Waals surface area contributed by atoms with Gasteiger partial charge in [0.1, 0.15) is 0 Å².